The molecule has 3 heterocycles. The Bertz CT molecular complexity index is 1560. The number of halogens is 2. The summed E-state index contributed by atoms with van der Waals surface area (Å²) in [4.78, 5) is 28.9. The molecule has 0 radical (unpaired) electrons. The lowest BCUT2D eigenvalue weighted by molar-refractivity contribution is -0.117. The van der Waals surface area contributed by atoms with Crippen molar-refractivity contribution in [3.05, 3.63) is 60.2 Å². The molecule has 0 unspecified atom stereocenters. The van der Waals surface area contributed by atoms with E-state index in [4.69, 9.17) is 4.74 Å². The van der Waals surface area contributed by atoms with Crippen molar-refractivity contribution in [2.24, 2.45) is 5.92 Å². The van der Waals surface area contributed by atoms with Crippen LogP contribution in [0.3, 0.4) is 0 Å². The first-order valence-corrected chi connectivity index (χ1v) is 11.3. The highest BCUT2D eigenvalue weighted by molar-refractivity contribution is 7.21. The SMILES string of the molecule is O=C(Nc1nc2ccc(Oc3ccc4nc(Nc5ccc(F)cc5F)[nH]c4c3)nc2s1)C1CC1. The second kappa shape index (κ2) is 8.03. The van der Waals surface area contributed by atoms with Crippen LogP contribution in [0.25, 0.3) is 21.4 Å². The van der Waals surface area contributed by atoms with Crippen molar-refractivity contribution < 1.29 is 18.3 Å². The molecular weight excluding hydrogens is 462 g/mol. The second-order valence-corrected chi connectivity index (χ2v) is 8.85. The molecule has 0 saturated heterocycles. The number of hydrogen-bond donors (Lipinski definition) is 3. The van der Waals surface area contributed by atoms with E-state index in [1.54, 1.807) is 30.3 Å². The molecule has 1 aliphatic carbocycles. The van der Waals surface area contributed by atoms with Gasteiger partial charge in [0.25, 0.3) is 0 Å². The van der Waals surface area contributed by atoms with Gasteiger partial charge in [0, 0.05) is 24.1 Å². The summed E-state index contributed by atoms with van der Waals surface area (Å²) in [5, 5.41) is 6.17. The summed E-state index contributed by atoms with van der Waals surface area (Å²) >= 11 is 1.29. The number of anilines is 3. The Morgan fingerprint density at radius 3 is 2.71 bits per heavy atom. The van der Waals surface area contributed by atoms with E-state index in [9.17, 15) is 13.6 Å². The van der Waals surface area contributed by atoms with Crippen LogP contribution >= 0.6 is 11.3 Å². The molecule has 8 nitrogen and oxygen atoms in total. The number of aromatic nitrogens is 4. The molecule has 0 bridgehead atoms. The van der Waals surface area contributed by atoms with Gasteiger partial charge in [-0.2, -0.15) is 0 Å². The van der Waals surface area contributed by atoms with Crippen LogP contribution in [0.2, 0.25) is 0 Å². The van der Waals surface area contributed by atoms with E-state index in [1.165, 1.54) is 17.4 Å². The molecular formula is C23H16F2N6O2S. The number of thiazole rings is 1. The van der Waals surface area contributed by atoms with Gasteiger partial charge in [-0.1, -0.05) is 11.3 Å². The van der Waals surface area contributed by atoms with E-state index >= 15 is 0 Å². The van der Waals surface area contributed by atoms with Crippen molar-refractivity contribution in [1.29, 1.82) is 0 Å². The minimum Gasteiger partial charge on any atom is -0.439 e. The summed E-state index contributed by atoms with van der Waals surface area (Å²) in [6.45, 7) is 0. The molecule has 0 spiro atoms. The normalized spacial score (nSPS) is 13.4. The lowest BCUT2D eigenvalue weighted by atomic mass is 10.3. The molecule has 1 amide bonds. The van der Waals surface area contributed by atoms with Gasteiger partial charge in [-0.05, 0) is 43.2 Å². The van der Waals surface area contributed by atoms with Gasteiger partial charge in [0.2, 0.25) is 17.7 Å². The van der Waals surface area contributed by atoms with Gasteiger partial charge < -0.3 is 20.4 Å². The molecule has 11 heteroatoms. The number of ether oxygens (including phenoxy) is 1. The molecule has 5 aromatic rings. The zero-order chi connectivity index (χ0) is 23.2. The van der Waals surface area contributed by atoms with Crippen LogP contribution in [0.1, 0.15) is 12.8 Å². The molecule has 2 aromatic carbocycles. The summed E-state index contributed by atoms with van der Waals surface area (Å²) in [5.41, 5.74) is 2.08. The fraction of sp³-hybridized carbons (Fsp3) is 0.130. The number of benzene rings is 2. The number of amides is 1. The fourth-order valence-corrected chi connectivity index (χ4v) is 4.25. The van der Waals surface area contributed by atoms with Gasteiger partial charge in [0.1, 0.15) is 27.7 Å². The second-order valence-electron chi connectivity index (χ2n) is 7.87. The third-order valence-electron chi connectivity index (χ3n) is 5.27. The molecule has 1 fully saturated rings. The number of carbonyl (C=O) groups is 1. The van der Waals surface area contributed by atoms with Crippen molar-refractivity contribution in [2.45, 2.75) is 12.8 Å². The van der Waals surface area contributed by atoms with Gasteiger partial charge in [-0.3, -0.25) is 4.79 Å². The van der Waals surface area contributed by atoms with Crippen molar-refractivity contribution in [2.75, 3.05) is 10.6 Å². The molecule has 0 aliphatic heterocycles. The fourth-order valence-electron chi connectivity index (χ4n) is 3.41. The van der Waals surface area contributed by atoms with Crippen LogP contribution in [0.4, 0.5) is 25.5 Å². The number of fused-ring (bicyclic) bond motifs is 2. The maximum Gasteiger partial charge on any atom is 0.229 e. The minimum absolute atomic E-state index is 0.000542. The number of H-pyrrole nitrogens is 1. The van der Waals surface area contributed by atoms with Gasteiger partial charge in [-0.25, -0.2) is 23.7 Å². The number of carbonyl (C=O) groups excluding carboxylic acids is 1. The monoisotopic (exact) mass is 478 g/mol. The Morgan fingerprint density at radius 1 is 1.03 bits per heavy atom. The molecule has 3 aromatic heterocycles. The summed E-state index contributed by atoms with van der Waals surface area (Å²) in [6.07, 6.45) is 1.85. The lowest BCUT2D eigenvalue weighted by Gasteiger charge is -2.04. The van der Waals surface area contributed by atoms with E-state index in [1.807, 2.05) is 0 Å². The quantitative estimate of drug-likeness (QED) is 0.288. The zero-order valence-electron chi connectivity index (χ0n) is 17.4. The molecule has 6 rings (SSSR count). The smallest absolute Gasteiger partial charge is 0.229 e. The Hall–Kier alpha value is -4.12. The molecule has 170 valence electrons. The number of nitrogens with one attached hydrogen (secondary N) is 3. The van der Waals surface area contributed by atoms with E-state index in [2.05, 4.69) is 30.6 Å². The standard InChI is InChI=1S/C23H16F2N6O2S/c24-12-3-5-15(14(25)9-12)26-22-27-16-6-4-13(10-18(16)28-22)33-19-8-7-17-21(30-19)34-23(29-17)31-20(32)11-1-2-11/h3-11H,1-2H2,(H2,26,27,28)(H,29,31,32). The van der Waals surface area contributed by atoms with Crippen LogP contribution in [0.5, 0.6) is 11.6 Å². The van der Waals surface area contributed by atoms with Crippen molar-refractivity contribution >= 4 is 55.4 Å². The first kappa shape index (κ1) is 20.5. The summed E-state index contributed by atoms with van der Waals surface area (Å²) in [5.74, 6) is -0.0667. The number of aromatic amines is 1. The van der Waals surface area contributed by atoms with Crippen LogP contribution in [0.15, 0.2) is 48.5 Å². The van der Waals surface area contributed by atoms with Gasteiger partial charge >= 0.3 is 0 Å². The maximum atomic E-state index is 13.9. The number of hydrogen-bond acceptors (Lipinski definition) is 7. The maximum absolute atomic E-state index is 13.9. The highest BCUT2D eigenvalue weighted by atomic mass is 32.1. The summed E-state index contributed by atoms with van der Waals surface area (Å²) < 4.78 is 32.9. The Balaban J connectivity index is 1.20. The third kappa shape index (κ3) is 4.13. The van der Waals surface area contributed by atoms with Gasteiger partial charge in [-0.15, -0.1) is 0 Å². The highest BCUT2D eigenvalue weighted by Crippen LogP contribution is 2.33. The predicted octanol–water partition coefficient (Wildman–Crippen LogP) is 5.73. The molecule has 1 saturated carbocycles. The van der Waals surface area contributed by atoms with Gasteiger partial charge in [0.15, 0.2) is 5.13 Å². The van der Waals surface area contributed by atoms with Crippen LogP contribution in [-0.4, -0.2) is 25.8 Å². The average Bonchev–Trinajstić information content (AvgIpc) is 3.47. The number of imidazole rings is 1. The minimum atomic E-state index is -0.718. The van der Waals surface area contributed by atoms with E-state index < -0.39 is 11.6 Å². The summed E-state index contributed by atoms with van der Waals surface area (Å²) in [7, 11) is 0. The predicted molar refractivity (Wildman–Crippen MR) is 125 cm³/mol. The van der Waals surface area contributed by atoms with E-state index in [-0.39, 0.29) is 17.5 Å². The first-order valence-electron chi connectivity index (χ1n) is 10.5. The third-order valence-corrected chi connectivity index (χ3v) is 6.15. The first-order chi connectivity index (χ1) is 16.5. The highest BCUT2D eigenvalue weighted by Gasteiger charge is 2.30. The topological polar surface area (TPSA) is 105 Å². The zero-order valence-corrected chi connectivity index (χ0v) is 18.2. The molecule has 1 aliphatic rings. The Morgan fingerprint density at radius 2 is 1.88 bits per heavy atom. The van der Waals surface area contributed by atoms with Crippen LogP contribution < -0.4 is 15.4 Å². The van der Waals surface area contributed by atoms with Crippen LogP contribution in [-0.2, 0) is 4.79 Å². The number of pyridine rings is 1. The van der Waals surface area contributed by atoms with Crippen LogP contribution in [0, 0.1) is 17.6 Å². The number of rotatable bonds is 6. The number of nitrogens with zero attached hydrogens (tertiary/aromatic N) is 3. The molecule has 3 N–H and O–H groups in total. The van der Waals surface area contributed by atoms with Crippen molar-refractivity contribution in [3.8, 4) is 11.6 Å². The van der Waals surface area contributed by atoms with Gasteiger partial charge in [0.05, 0.1) is 16.7 Å². The molecule has 34 heavy (non-hydrogen) atoms. The summed E-state index contributed by atoms with van der Waals surface area (Å²) in [6, 6.07) is 12.0. The Labute approximate surface area is 195 Å². The lowest BCUT2D eigenvalue weighted by Crippen LogP contribution is -2.12. The van der Waals surface area contributed by atoms with E-state index in [0.29, 0.717) is 44.1 Å². The van der Waals surface area contributed by atoms with Crippen molar-refractivity contribution in [1.82, 2.24) is 19.9 Å². The Kier molecular flexibility index (Phi) is 4.84. The largest absolute Gasteiger partial charge is 0.439 e. The van der Waals surface area contributed by atoms with Crippen molar-refractivity contribution in [3.63, 3.8) is 0 Å². The molecule has 0 atom stereocenters. The van der Waals surface area contributed by atoms with E-state index in [0.717, 1.165) is 25.0 Å². The average molecular weight is 478 g/mol.